The zero-order chi connectivity index (χ0) is 20.9. The fraction of sp³-hybridized carbons (Fsp3) is 0.240. The molecule has 3 aromatic carbocycles. The van der Waals surface area contributed by atoms with Gasteiger partial charge in [-0.3, -0.25) is 0 Å². The van der Waals surface area contributed by atoms with Gasteiger partial charge in [0, 0.05) is 16.5 Å². The average Bonchev–Trinajstić information content (AvgIpc) is 3.10. The molecule has 4 aromatic rings. The summed E-state index contributed by atoms with van der Waals surface area (Å²) in [6.45, 7) is 5.74. The first-order valence-electron chi connectivity index (χ1n) is 10.1. The Labute approximate surface area is 187 Å². The Balaban J connectivity index is 1.44. The van der Waals surface area contributed by atoms with Crippen LogP contribution in [0.1, 0.15) is 23.4 Å². The van der Waals surface area contributed by atoms with E-state index in [9.17, 15) is 0 Å². The third-order valence-electron chi connectivity index (χ3n) is 5.04. The van der Waals surface area contributed by atoms with Gasteiger partial charge in [0.25, 0.3) is 0 Å². The number of aromatic nitrogens is 2. The summed E-state index contributed by atoms with van der Waals surface area (Å²) in [5, 5.41) is 0.760. The first-order valence-corrected chi connectivity index (χ1v) is 11.5. The van der Waals surface area contributed by atoms with Gasteiger partial charge in [0.2, 0.25) is 0 Å². The molecule has 0 N–H and O–H groups in total. The third-order valence-corrected chi connectivity index (χ3v) is 6.30. The fourth-order valence-electron chi connectivity index (χ4n) is 3.43. The normalized spacial score (nSPS) is 11.2. The van der Waals surface area contributed by atoms with E-state index >= 15 is 0 Å². The molecule has 0 aliphatic heterocycles. The number of nitrogens with zero attached hydrogens (tertiary/aromatic N) is 2. The molecule has 5 heteroatoms. The fourth-order valence-corrected chi connectivity index (χ4v) is 4.40. The molecule has 30 heavy (non-hydrogen) atoms. The molecule has 0 fully saturated rings. The summed E-state index contributed by atoms with van der Waals surface area (Å²) in [7, 11) is 0. The lowest BCUT2D eigenvalue weighted by Crippen LogP contribution is -2.08. The molecule has 4 rings (SSSR count). The van der Waals surface area contributed by atoms with Gasteiger partial charge >= 0.3 is 0 Å². The second-order valence-electron chi connectivity index (χ2n) is 7.38. The van der Waals surface area contributed by atoms with Gasteiger partial charge in [-0.2, -0.15) is 0 Å². The van der Waals surface area contributed by atoms with Crippen LogP contribution in [0.2, 0.25) is 5.02 Å². The molecule has 1 aromatic heterocycles. The first-order chi connectivity index (χ1) is 14.6. The number of para-hydroxylation sites is 2. The van der Waals surface area contributed by atoms with Crippen molar-refractivity contribution in [2.24, 2.45) is 0 Å². The van der Waals surface area contributed by atoms with Crippen LogP contribution in [-0.4, -0.2) is 16.2 Å². The number of thioether (sulfide) groups is 1. The lowest BCUT2D eigenvalue weighted by molar-refractivity contribution is 0.300. The highest BCUT2D eigenvalue weighted by molar-refractivity contribution is 7.98. The van der Waals surface area contributed by atoms with Crippen molar-refractivity contribution >= 4 is 34.4 Å². The quantitative estimate of drug-likeness (QED) is 0.218. The molecule has 0 spiro atoms. The summed E-state index contributed by atoms with van der Waals surface area (Å²) in [5.41, 5.74) is 4.61. The van der Waals surface area contributed by atoms with Gasteiger partial charge in [0.15, 0.2) is 0 Å². The van der Waals surface area contributed by atoms with Crippen molar-refractivity contribution < 1.29 is 4.74 Å². The van der Waals surface area contributed by atoms with Crippen molar-refractivity contribution in [3.63, 3.8) is 0 Å². The van der Waals surface area contributed by atoms with Crippen LogP contribution in [0.5, 0.6) is 5.75 Å². The molecular weight excluding hydrogens is 412 g/mol. The highest BCUT2D eigenvalue weighted by Crippen LogP contribution is 2.26. The van der Waals surface area contributed by atoms with Crippen LogP contribution < -0.4 is 4.74 Å². The molecule has 1 heterocycles. The summed E-state index contributed by atoms with van der Waals surface area (Å²) in [6.07, 6.45) is 0.923. The van der Waals surface area contributed by atoms with E-state index in [0.29, 0.717) is 6.61 Å². The second kappa shape index (κ2) is 9.59. The van der Waals surface area contributed by atoms with Crippen molar-refractivity contribution in [1.29, 1.82) is 0 Å². The number of benzene rings is 3. The maximum absolute atomic E-state index is 6.06. The number of hydrogen-bond acceptors (Lipinski definition) is 3. The van der Waals surface area contributed by atoms with Gasteiger partial charge < -0.3 is 9.30 Å². The summed E-state index contributed by atoms with van der Waals surface area (Å²) in [4.78, 5) is 6.07. The highest BCUT2D eigenvalue weighted by atomic mass is 35.5. The van der Waals surface area contributed by atoms with Crippen molar-refractivity contribution in [2.75, 3.05) is 6.61 Å². The zero-order valence-corrected chi connectivity index (χ0v) is 18.8. The zero-order valence-electron chi connectivity index (χ0n) is 17.3. The Bertz CT molecular complexity index is 1140. The van der Waals surface area contributed by atoms with Crippen molar-refractivity contribution in [2.45, 2.75) is 37.5 Å². The Morgan fingerprint density at radius 1 is 1.00 bits per heavy atom. The number of aryl methyl sites for hydroxylation is 3. The molecule has 0 aliphatic rings. The summed E-state index contributed by atoms with van der Waals surface area (Å²) in [5.74, 6) is 2.88. The second-order valence-corrected chi connectivity index (χ2v) is 8.87. The molecule has 0 unspecified atom stereocenters. The molecular formula is C25H25ClN2OS. The number of rotatable bonds is 8. The smallest absolute Gasteiger partial charge is 0.122 e. The SMILES string of the molecule is Cc1ccc(C)c(OCCCn2c(CSc3ccc(Cl)cc3)nc3ccccc32)c1. The Morgan fingerprint density at radius 2 is 1.80 bits per heavy atom. The maximum atomic E-state index is 6.06. The largest absolute Gasteiger partial charge is 0.493 e. The Morgan fingerprint density at radius 3 is 2.63 bits per heavy atom. The molecule has 0 saturated carbocycles. The first kappa shape index (κ1) is 20.8. The Kier molecular flexibility index (Phi) is 6.66. The van der Waals surface area contributed by atoms with E-state index in [1.165, 1.54) is 21.5 Å². The van der Waals surface area contributed by atoms with Gasteiger partial charge in [-0.1, -0.05) is 35.9 Å². The van der Waals surface area contributed by atoms with Crippen LogP contribution in [0.25, 0.3) is 11.0 Å². The molecule has 0 saturated heterocycles. The standard InChI is InChI=1S/C25H25ClN2OS/c1-18-8-9-19(2)24(16-18)29-15-5-14-28-23-7-4-3-6-22(23)27-25(28)17-30-21-12-10-20(26)11-13-21/h3-4,6-13,16H,5,14-15,17H2,1-2H3. The highest BCUT2D eigenvalue weighted by Gasteiger charge is 2.11. The van der Waals surface area contributed by atoms with Gasteiger partial charge in [-0.05, 0) is 73.9 Å². The average molecular weight is 437 g/mol. The molecule has 0 bridgehead atoms. The van der Waals surface area contributed by atoms with Crippen LogP contribution in [0.15, 0.2) is 71.6 Å². The summed E-state index contributed by atoms with van der Waals surface area (Å²) < 4.78 is 8.38. The number of halogens is 1. The predicted octanol–water partition coefficient (Wildman–Crippen LogP) is 7.07. The topological polar surface area (TPSA) is 27.1 Å². The van der Waals surface area contributed by atoms with Crippen LogP contribution in [0.4, 0.5) is 0 Å². The van der Waals surface area contributed by atoms with Gasteiger partial charge in [0.05, 0.1) is 23.4 Å². The Hall–Kier alpha value is -2.43. The van der Waals surface area contributed by atoms with Crippen LogP contribution >= 0.6 is 23.4 Å². The van der Waals surface area contributed by atoms with Crippen LogP contribution in [-0.2, 0) is 12.3 Å². The molecule has 0 aliphatic carbocycles. The van der Waals surface area contributed by atoms with Crippen molar-refractivity contribution in [3.05, 3.63) is 88.7 Å². The van der Waals surface area contributed by atoms with Crippen LogP contribution in [0, 0.1) is 13.8 Å². The van der Waals surface area contributed by atoms with E-state index < -0.39 is 0 Å². The molecule has 3 nitrogen and oxygen atoms in total. The number of fused-ring (bicyclic) bond motifs is 1. The number of hydrogen-bond donors (Lipinski definition) is 0. The summed E-state index contributed by atoms with van der Waals surface area (Å²) >= 11 is 7.78. The van der Waals surface area contributed by atoms with Gasteiger partial charge in [-0.25, -0.2) is 4.98 Å². The van der Waals surface area contributed by atoms with E-state index in [-0.39, 0.29) is 0 Å². The van der Waals surface area contributed by atoms with E-state index in [1.807, 2.05) is 18.2 Å². The van der Waals surface area contributed by atoms with Crippen molar-refractivity contribution in [3.8, 4) is 5.75 Å². The van der Waals surface area contributed by atoms with Crippen molar-refractivity contribution in [1.82, 2.24) is 9.55 Å². The summed E-state index contributed by atoms with van der Waals surface area (Å²) in [6, 6.07) is 22.6. The minimum atomic E-state index is 0.681. The lowest BCUT2D eigenvalue weighted by Gasteiger charge is -2.12. The number of ether oxygens (including phenoxy) is 1. The minimum absolute atomic E-state index is 0.681. The molecule has 0 amide bonds. The van der Waals surface area contributed by atoms with Gasteiger partial charge in [-0.15, -0.1) is 11.8 Å². The lowest BCUT2D eigenvalue weighted by atomic mass is 10.1. The molecule has 154 valence electrons. The molecule has 0 atom stereocenters. The maximum Gasteiger partial charge on any atom is 0.122 e. The van der Waals surface area contributed by atoms with E-state index in [0.717, 1.165) is 40.8 Å². The minimum Gasteiger partial charge on any atom is -0.493 e. The molecule has 0 radical (unpaired) electrons. The number of imidazole rings is 1. The van der Waals surface area contributed by atoms with Gasteiger partial charge in [0.1, 0.15) is 11.6 Å². The van der Waals surface area contributed by atoms with Crippen LogP contribution in [0.3, 0.4) is 0 Å². The van der Waals surface area contributed by atoms with E-state index in [1.54, 1.807) is 11.8 Å². The van der Waals surface area contributed by atoms with E-state index in [2.05, 4.69) is 66.9 Å². The van der Waals surface area contributed by atoms with E-state index in [4.69, 9.17) is 21.3 Å². The third kappa shape index (κ3) is 5.00. The monoisotopic (exact) mass is 436 g/mol. The predicted molar refractivity (Wildman–Crippen MR) is 127 cm³/mol.